The summed E-state index contributed by atoms with van der Waals surface area (Å²) in [5.74, 6) is -1.13. The van der Waals surface area contributed by atoms with E-state index in [1.54, 1.807) is 6.07 Å². The van der Waals surface area contributed by atoms with Gasteiger partial charge >= 0.3 is 11.5 Å². The average Bonchev–Trinajstić information content (AvgIpc) is 2.56. The Morgan fingerprint density at radius 1 is 1.17 bits per heavy atom. The third-order valence-electron chi connectivity index (χ3n) is 4.24. The van der Waals surface area contributed by atoms with Crippen molar-refractivity contribution in [2.24, 2.45) is 0 Å². The largest absolute Gasteiger partial charge is 0.710 e. The van der Waals surface area contributed by atoms with E-state index in [0.717, 1.165) is 31.7 Å². The number of hydrogen-bond donors (Lipinski definition) is 2. The highest BCUT2D eigenvalue weighted by Crippen LogP contribution is 2.25. The molecule has 0 amide bonds. The van der Waals surface area contributed by atoms with Crippen molar-refractivity contribution < 1.29 is 13.9 Å². The lowest BCUT2D eigenvalue weighted by atomic mass is 9.95. The number of nitriles is 1. The normalized spacial score (nSPS) is 15.5. The number of nitrogens with two attached hydrogens (primary N) is 1. The molecule has 0 radical (unpaired) electrons. The molecular formula is C15H16FN5O2. The summed E-state index contributed by atoms with van der Waals surface area (Å²) >= 11 is 0. The van der Waals surface area contributed by atoms with E-state index in [9.17, 15) is 14.8 Å². The highest BCUT2D eigenvalue weighted by atomic mass is 19.1. The Labute approximate surface area is 131 Å². The Kier molecular flexibility index (Phi) is 3.78. The van der Waals surface area contributed by atoms with Crippen molar-refractivity contribution in [1.82, 2.24) is 0 Å². The van der Waals surface area contributed by atoms with Crippen molar-refractivity contribution >= 4 is 22.5 Å². The van der Waals surface area contributed by atoms with Crippen molar-refractivity contribution in [2.45, 2.75) is 38.1 Å². The molecule has 23 heavy (non-hydrogen) atoms. The summed E-state index contributed by atoms with van der Waals surface area (Å²) in [7, 11) is 0. The third kappa shape index (κ3) is 2.54. The van der Waals surface area contributed by atoms with Crippen molar-refractivity contribution in [3.05, 3.63) is 34.1 Å². The van der Waals surface area contributed by atoms with Crippen LogP contribution in [0.3, 0.4) is 0 Å². The number of fused-ring (bicyclic) bond motifs is 1. The van der Waals surface area contributed by atoms with E-state index >= 15 is 0 Å². The van der Waals surface area contributed by atoms with Gasteiger partial charge in [0.15, 0.2) is 11.9 Å². The molecule has 1 fully saturated rings. The quantitative estimate of drug-likeness (QED) is 0.642. The fourth-order valence-electron chi connectivity index (χ4n) is 3.01. The predicted molar refractivity (Wildman–Crippen MR) is 81.4 cm³/mol. The molecule has 2 aromatic rings. The number of nitrogens with zero attached hydrogens (tertiary/aromatic N) is 3. The zero-order chi connectivity index (χ0) is 16.6. The SMILES string of the molecule is N#Cc1c(N)[n+]([O-])c2cc(NC3CCCCC3)c(F)cc2[n+]1[O-]. The average molecular weight is 317 g/mol. The monoisotopic (exact) mass is 317 g/mol. The van der Waals surface area contributed by atoms with Gasteiger partial charge in [-0.2, -0.15) is 5.26 Å². The van der Waals surface area contributed by atoms with Gasteiger partial charge in [-0.25, -0.2) is 9.12 Å². The van der Waals surface area contributed by atoms with Crippen LogP contribution in [-0.4, -0.2) is 6.04 Å². The Morgan fingerprint density at radius 2 is 1.83 bits per heavy atom. The van der Waals surface area contributed by atoms with Crippen LogP contribution in [0.25, 0.3) is 11.0 Å². The van der Waals surface area contributed by atoms with Crippen LogP contribution < -0.4 is 20.5 Å². The van der Waals surface area contributed by atoms with E-state index in [1.165, 1.54) is 12.5 Å². The summed E-state index contributed by atoms with van der Waals surface area (Å²) in [5.41, 5.74) is 4.85. The summed E-state index contributed by atoms with van der Waals surface area (Å²) in [5, 5.41) is 36.2. The minimum absolute atomic E-state index is 0.0730. The minimum atomic E-state index is -0.638. The van der Waals surface area contributed by atoms with Crippen LogP contribution >= 0.6 is 0 Å². The highest BCUT2D eigenvalue weighted by molar-refractivity contribution is 5.75. The van der Waals surface area contributed by atoms with Gasteiger partial charge in [0, 0.05) is 12.1 Å². The van der Waals surface area contributed by atoms with Gasteiger partial charge in [-0.1, -0.05) is 19.3 Å². The number of halogens is 1. The standard InChI is InChI=1S/C15H16FN5O2/c16-10-6-12-13(21(23)15(18)14(8-17)20(12)22)7-11(10)19-9-4-2-1-3-5-9/h6-7,9,19H,1-5,18H2. The van der Waals surface area contributed by atoms with Crippen LogP contribution in [0.2, 0.25) is 0 Å². The molecular weight excluding hydrogens is 301 g/mol. The van der Waals surface area contributed by atoms with Gasteiger partial charge in [0.1, 0.15) is 0 Å². The Morgan fingerprint density at radius 3 is 2.48 bits per heavy atom. The van der Waals surface area contributed by atoms with Crippen LogP contribution in [0.15, 0.2) is 12.1 Å². The van der Waals surface area contributed by atoms with Gasteiger partial charge in [-0.05, 0) is 12.8 Å². The first-order valence-electron chi connectivity index (χ1n) is 7.47. The Balaban J connectivity index is 2.10. The topological polar surface area (TPSA) is 116 Å². The molecule has 7 nitrogen and oxygen atoms in total. The molecule has 1 aromatic heterocycles. The molecule has 3 N–H and O–H groups in total. The second-order valence-electron chi connectivity index (χ2n) is 5.73. The number of aromatic nitrogens is 2. The van der Waals surface area contributed by atoms with E-state index in [0.29, 0.717) is 0 Å². The summed E-state index contributed by atoms with van der Waals surface area (Å²) < 4.78 is 14.8. The lowest BCUT2D eigenvalue weighted by Crippen LogP contribution is -2.44. The fraction of sp³-hybridized carbons (Fsp3) is 0.400. The summed E-state index contributed by atoms with van der Waals surface area (Å²) in [6.45, 7) is 0. The molecule has 120 valence electrons. The molecule has 0 saturated heterocycles. The smallest absolute Gasteiger partial charge is 0.385 e. The van der Waals surface area contributed by atoms with Crippen LogP contribution in [0.5, 0.6) is 0 Å². The number of nitrogen functional groups attached to an aromatic ring is 1. The maximum atomic E-state index is 14.3. The predicted octanol–water partition coefficient (Wildman–Crippen LogP) is 1.44. The molecule has 0 aliphatic heterocycles. The van der Waals surface area contributed by atoms with Crippen molar-refractivity contribution in [2.75, 3.05) is 11.1 Å². The second kappa shape index (κ2) is 5.76. The van der Waals surface area contributed by atoms with E-state index in [1.807, 2.05) is 0 Å². The molecule has 3 rings (SSSR count). The molecule has 8 heteroatoms. The molecule has 1 aliphatic carbocycles. The van der Waals surface area contributed by atoms with Crippen molar-refractivity contribution in [1.29, 1.82) is 5.26 Å². The van der Waals surface area contributed by atoms with Gasteiger partial charge in [0.25, 0.3) is 5.52 Å². The summed E-state index contributed by atoms with van der Waals surface area (Å²) in [4.78, 5) is 0. The maximum absolute atomic E-state index is 14.3. The van der Waals surface area contributed by atoms with E-state index in [4.69, 9.17) is 11.0 Å². The highest BCUT2D eigenvalue weighted by Gasteiger charge is 2.26. The second-order valence-corrected chi connectivity index (χ2v) is 5.73. The Bertz CT molecular complexity index is 812. The number of hydrogen-bond acceptors (Lipinski definition) is 5. The van der Waals surface area contributed by atoms with Gasteiger partial charge in [0.2, 0.25) is 5.52 Å². The molecule has 1 aliphatic rings. The zero-order valence-corrected chi connectivity index (χ0v) is 12.4. The number of rotatable bonds is 2. The van der Waals surface area contributed by atoms with Crippen LogP contribution in [0.4, 0.5) is 15.9 Å². The van der Waals surface area contributed by atoms with E-state index in [2.05, 4.69) is 5.32 Å². The molecule has 0 atom stereocenters. The summed E-state index contributed by atoms with van der Waals surface area (Å²) in [6, 6.07) is 3.94. The zero-order valence-electron chi connectivity index (χ0n) is 12.4. The van der Waals surface area contributed by atoms with E-state index in [-0.39, 0.29) is 32.2 Å². The lowest BCUT2D eigenvalue weighted by Gasteiger charge is -2.24. The molecule has 1 heterocycles. The van der Waals surface area contributed by atoms with Gasteiger partial charge in [0.05, 0.1) is 11.8 Å². The molecule has 0 spiro atoms. The third-order valence-corrected chi connectivity index (χ3v) is 4.24. The number of nitrogens with one attached hydrogen (secondary N) is 1. The van der Waals surface area contributed by atoms with Crippen molar-refractivity contribution in [3.63, 3.8) is 0 Å². The molecule has 0 unspecified atom stereocenters. The first-order chi connectivity index (χ1) is 11.0. The maximum Gasteiger partial charge on any atom is 0.385 e. The minimum Gasteiger partial charge on any atom is -0.710 e. The lowest BCUT2D eigenvalue weighted by molar-refractivity contribution is -0.620. The van der Waals surface area contributed by atoms with Gasteiger partial charge in [-0.3, -0.25) is 5.73 Å². The number of anilines is 2. The summed E-state index contributed by atoms with van der Waals surface area (Å²) in [6.07, 6.45) is 5.20. The molecule has 0 bridgehead atoms. The first-order valence-corrected chi connectivity index (χ1v) is 7.47. The molecule has 1 aromatic carbocycles. The fourth-order valence-corrected chi connectivity index (χ4v) is 3.01. The van der Waals surface area contributed by atoms with Crippen LogP contribution in [-0.2, 0) is 0 Å². The van der Waals surface area contributed by atoms with Gasteiger partial charge < -0.3 is 15.7 Å². The number of benzene rings is 1. The van der Waals surface area contributed by atoms with Crippen molar-refractivity contribution in [3.8, 4) is 6.07 Å². The van der Waals surface area contributed by atoms with E-state index < -0.39 is 17.3 Å². The first kappa shape index (κ1) is 15.1. The van der Waals surface area contributed by atoms with Crippen LogP contribution in [0, 0.1) is 27.6 Å². The molecule has 1 saturated carbocycles. The van der Waals surface area contributed by atoms with Crippen LogP contribution in [0.1, 0.15) is 37.8 Å². The Hall–Kier alpha value is -2.82. The van der Waals surface area contributed by atoms with Gasteiger partial charge in [-0.15, -0.1) is 4.73 Å².